The Bertz CT molecular complexity index is 2710. The fraction of sp³-hybridized carbons (Fsp3) is 0.194. The number of halogens is 7. The number of nitrogens with two attached hydrogens (primary N) is 2. The molecular formula is C36H30Cl3F4N8NaO10S3. The number of hydrogen-bond donors (Lipinski definition) is 4. The van der Waals surface area contributed by atoms with E-state index in [1.54, 1.807) is 12.1 Å². The average Bonchev–Trinajstić information content (AvgIpc) is 3.79. The van der Waals surface area contributed by atoms with Crippen LogP contribution in [0.5, 0.6) is 17.6 Å². The second-order valence-corrected chi connectivity index (χ2v) is 13.9. The van der Waals surface area contributed by atoms with Crippen LogP contribution >= 0.6 is 70.1 Å². The first-order valence-electron chi connectivity index (χ1n) is 16.2. The number of carbonyl (C=O) groups excluding carboxylic acids is 2. The molecule has 0 aliphatic heterocycles. The summed E-state index contributed by atoms with van der Waals surface area (Å²) in [4.78, 5) is 47.7. The molecule has 65 heavy (non-hydrogen) atoms. The maximum atomic E-state index is 13.4. The molecule has 6 aromatic rings. The van der Waals surface area contributed by atoms with Crippen molar-refractivity contribution >= 4 is 120 Å². The molecule has 0 amide bonds. The number of aromatic nitrogens is 4. The largest absolute Gasteiger partial charge is 1.00 e. The monoisotopic (exact) mass is 1030 g/mol. The first-order chi connectivity index (χ1) is 30.3. The van der Waals surface area contributed by atoms with Gasteiger partial charge in [-0.15, -0.1) is 22.7 Å². The molecule has 5 N–H and O–H groups in total. The second-order valence-electron chi connectivity index (χ2n) is 10.5. The summed E-state index contributed by atoms with van der Waals surface area (Å²) in [6, 6.07) is 7.61. The zero-order valence-corrected chi connectivity index (χ0v) is 41.2. The van der Waals surface area contributed by atoms with Gasteiger partial charge in [-0.3, -0.25) is 4.79 Å². The van der Waals surface area contributed by atoms with Gasteiger partial charge in [0.05, 0.1) is 63.8 Å². The number of esters is 2. The molecule has 29 heteroatoms. The number of thiophene rings is 2. The van der Waals surface area contributed by atoms with Crippen LogP contribution in [0.4, 0.5) is 28.9 Å². The number of rotatable bonds is 6. The number of methoxy groups -OCH3 is 5. The van der Waals surface area contributed by atoms with Gasteiger partial charge in [0.25, 0.3) is 17.6 Å². The Morgan fingerprint density at radius 1 is 0.692 bits per heavy atom. The van der Waals surface area contributed by atoms with Crippen molar-refractivity contribution in [2.45, 2.75) is 0 Å². The second kappa shape index (κ2) is 29.4. The standard InChI is InChI=1S/C10H9FN2O3S.C9H7FN2O3S.C7H4ClFN2O.C6HCl2FN2.C3H6O2S.CH3O.Na/c1-15-8-5(11)3-4-6(12)7(10(14)16-2)17-9(4)13-8;1-15-7-4(10)2-3-5(11)6(9(13)14)16-8(3)12-7;1-12-7-5(9)2-4(3-10)6(8)11-7;7-5-3(2-10)1-4(9)6(8)11-5;1-5-3(4)2-6;1-2;/h3H,12H2,1-2H3;2H,11H2,1H3,(H,13,14);2H,1H3;1H;6H,2H2,1H3;1H3;/q;;;;;-1;+1. The Labute approximate surface area is 416 Å². The Balaban J connectivity index is 0.000000802. The molecule has 6 heterocycles. The van der Waals surface area contributed by atoms with Crippen molar-refractivity contribution in [1.82, 2.24) is 19.9 Å². The van der Waals surface area contributed by atoms with Crippen LogP contribution in [0, 0.1) is 45.9 Å². The number of ether oxygens (including phenoxy) is 5. The first-order valence-corrected chi connectivity index (χ1v) is 19.6. The normalized spacial score (nSPS) is 9.43. The average molecular weight is 1040 g/mol. The molecule has 6 aromatic heterocycles. The summed E-state index contributed by atoms with van der Waals surface area (Å²) >= 11 is 21.7. The minimum Gasteiger partial charge on any atom is -0.857 e. The van der Waals surface area contributed by atoms with E-state index in [0.29, 0.717) is 20.4 Å². The summed E-state index contributed by atoms with van der Waals surface area (Å²) < 4.78 is 74.9. The van der Waals surface area contributed by atoms with Crippen molar-refractivity contribution in [3.8, 4) is 29.8 Å². The van der Waals surface area contributed by atoms with E-state index < -0.39 is 35.2 Å². The molecule has 0 bridgehead atoms. The van der Waals surface area contributed by atoms with E-state index in [2.05, 4.69) is 46.8 Å². The summed E-state index contributed by atoms with van der Waals surface area (Å²) in [5, 5.41) is 34.1. The predicted octanol–water partition coefficient (Wildman–Crippen LogP) is 3.76. The minimum absolute atomic E-state index is 0. The van der Waals surface area contributed by atoms with Gasteiger partial charge < -0.3 is 45.4 Å². The Morgan fingerprint density at radius 2 is 1.08 bits per heavy atom. The zero-order valence-electron chi connectivity index (χ0n) is 34.4. The van der Waals surface area contributed by atoms with Crippen molar-refractivity contribution in [1.29, 1.82) is 10.5 Å². The summed E-state index contributed by atoms with van der Waals surface area (Å²) in [5.41, 5.74) is 11.5. The molecule has 6 rings (SSSR count). The SMILES string of the molecule is COC(=O)CS.COC(=O)c1sc2nc(OC)c(F)cc2c1N.COc1nc(Cl)c(C#N)cc1F.COc1nc2sc(C(=O)O)c(N)c2cc1F.C[O-].N#Cc1cc(F)c(Cl)nc1Cl.[Na+]. The van der Waals surface area contributed by atoms with Gasteiger partial charge in [0.2, 0.25) is 0 Å². The third kappa shape index (κ3) is 16.6. The van der Waals surface area contributed by atoms with Gasteiger partial charge in [0, 0.05) is 16.8 Å². The number of nitriles is 2. The topological polar surface area (TPSA) is 292 Å². The molecule has 0 aromatic carbocycles. The van der Waals surface area contributed by atoms with Crippen LogP contribution in [0.25, 0.3) is 20.4 Å². The minimum atomic E-state index is -1.15. The predicted molar refractivity (Wildman–Crippen MR) is 231 cm³/mol. The van der Waals surface area contributed by atoms with Crippen LogP contribution in [0.15, 0.2) is 24.3 Å². The molecular weight excluding hydrogens is 1010 g/mol. The molecule has 0 saturated carbocycles. The number of fused-ring (bicyclic) bond motifs is 2. The van der Waals surface area contributed by atoms with E-state index in [4.69, 9.17) is 76.5 Å². The molecule has 0 radical (unpaired) electrons. The number of anilines is 2. The number of aromatic carboxylic acids is 1. The van der Waals surface area contributed by atoms with Gasteiger partial charge in [-0.05, 0) is 18.2 Å². The number of carboxylic acid groups (broad SMARTS) is 1. The Kier molecular flexibility index (Phi) is 27.0. The number of carboxylic acids is 1. The van der Waals surface area contributed by atoms with E-state index >= 15 is 0 Å². The van der Waals surface area contributed by atoms with Gasteiger partial charge in [0.1, 0.15) is 36.7 Å². The third-order valence-electron chi connectivity index (χ3n) is 6.81. The number of nitrogens with zero attached hydrogens (tertiary/aromatic N) is 6. The van der Waals surface area contributed by atoms with Crippen LogP contribution in [0.1, 0.15) is 30.5 Å². The van der Waals surface area contributed by atoms with Crippen LogP contribution in [0.2, 0.25) is 15.5 Å². The molecule has 18 nitrogen and oxygen atoms in total. The van der Waals surface area contributed by atoms with Crippen molar-refractivity contribution < 1.29 is 95.4 Å². The van der Waals surface area contributed by atoms with Crippen molar-refractivity contribution in [2.24, 2.45) is 0 Å². The van der Waals surface area contributed by atoms with Gasteiger partial charge in [0.15, 0.2) is 33.6 Å². The summed E-state index contributed by atoms with van der Waals surface area (Å²) in [7, 11) is 7.20. The van der Waals surface area contributed by atoms with Crippen molar-refractivity contribution in [2.75, 3.05) is 59.9 Å². The number of carbonyl (C=O) groups is 3. The summed E-state index contributed by atoms with van der Waals surface area (Å²) in [6.45, 7) is 0. The molecule has 0 aliphatic rings. The molecule has 0 fully saturated rings. The smallest absolute Gasteiger partial charge is 0.857 e. The molecule has 0 spiro atoms. The van der Waals surface area contributed by atoms with Crippen molar-refractivity contribution in [3.63, 3.8) is 0 Å². The fourth-order valence-corrected chi connectivity index (χ4v) is 6.51. The Hall–Kier alpha value is -5.19. The summed E-state index contributed by atoms with van der Waals surface area (Å²) in [5.74, 6) is -5.09. The van der Waals surface area contributed by atoms with Crippen LogP contribution < -0.4 is 60.3 Å². The van der Waals surface area contributed by atoms with Gasteiger partial charge in [-0.1, -0.05) is 34.8 Å². The van der Waals surface area contributed by atoms with E-state index in [1.807, 2.05) is 0 Å². The molecule has 0 saturated heterocycles. The van der Waals surface area contributed by atoms with Gasteiger partial charge >= 0.3 is 47.5 Å². The molecule has 0 unspecified atom stereocenters. The van der Waals surface area contributed by atoms with Crippen LogP contribution in [0.3, 0.4) is 0 Å². The van der Waals surface area contributed by atoms with Crippen molar-refractivity contribution in [3.05, 3.63) is 83.9 Å². The summed E-state index contributed by atoms with van der Waals surface area (Å²) in [6.07, 6.45) is 0. The zero-order chi connectivity index (χ0) is 49.0. The number of thiol groups is 1. The molecule has 0 aliphatic carbocycles. The van der Waals surface area contributed by atoms with E-state index in [1.165, 1.54) is 41.6 Å². The number of pyridine rings is 4. The first kappa shape index (κ1) is 59.8. The quantitative estimate of drug-likeness (QED) is 0.0607. The number of nitrogen functional groups attached to an aromatic ring is 2. The maximum Gasteiger partial charge on any atom is 1.00 e. The van der Waals surface area contributed by atoms with Crippen LogP contribution in [-0.2, 0) is 14.3 Å². The van der Waals surface area contributed by atoms with Gasteiger partial charge in [-0.25, -0.2) is 32.1 Å². The fourth-order valence-electron chi connectivity index (χ4n) is 3.95. The van der Waals surface area contributed by atoms with Crippen LogP contribution in [-0.4, -0.2) is 91.4 Å². The third-order valence-corrected chi connectivity index (χ3v) is 10.1. The van der Waals surface area contributed by atoms with E-state index in [0.717, 1.165) is 48.0 Å². The number of hydrogen-bond acceptors (Lipinski definition) is 20. The van der Waals surface area contributed by atoms with Gasteiger partial charge in [-0.2, -0.15) is 45.2 Å². The Morgan fingerprint density at radius 3 is 1.45 bits per heavy atom. The van der Waals surface area contributed by atoms with E-state index in [9.17, 15) is 31.9 Å². The maximum absolute atomic E-state index is 13.4. The van der Waals surface area contributed by atoms with E-state index in [-0.39, 0.29) is 107 Å². The molecule has 342 valence electrons. The molecule has 0 atom stereocenters.